The number of hydrogen-bond donors (Lipinski definition) is 2. The minimum atomic E-state index is -0.123. The van der Waals surface area contributed by atoms with Crippen LogP contribution in [0.5, 0.6) is 0 Å². The third-order valence-electron chi connectivity index (χ3n) is 3.08. The molecule has 5 nitrogen and oxygen atoms in total. The Labute approximate surface area is 105 Å². The lowest BCUT2D eigenvalue weighted by molar-refractivity contribution is 0.298. The molecule has 98 valence electrons. The van der Waals surface area contributed by atoms with Gasteiger partial charge < -0.3 is 5.11 Å². The summed E-state index contributed by atoms with van der Waals surface area (Å²) in [5.41, 5.74) is 2.66. The smallest absolute Gasteiger partial charge is 0.276 e. The van der Waals surface area contributed by atoms with Gasteiger partial charge in [-0.3, -0.25) is 9.89 Å². The van der Waals surface area contributed by atoms with Gasteiger partial charge in [0, 0.05) is 41.5 Å². The average Bonchev–Trinajstić information content (AvgIpc) is 2.67. The molecule has 0 aliphatic heterocycles. The Balaban J connectivity index is 2.71. The number of fused-ring (bicyclic) bond motifs is 1. The summed E-state index contributed by atoms with van der Waals surface area (Å²) in [7, 11) is 0. The van der Waals surface area contributed by atoms with Crippen LogP contribution in [0.25, 0.3) is 5.65 Å². The van der Waals surface area contributed by atoms with Crippen molar-refractivity contribution in [2.24, 2.45) is 0 Å². The highest BCUT2D eigenvalue weighted by molar-refractivity contribution is 5.43. The normalized spacial score (nSPS) is 12.3. The molecule has 0 saturated heterocycles. The van der Waals surface area contributed by atoms with Gasteiger partial charge in [-0.25, -0.2) is 9.50 Å². The van der Waals surface area contributed by atoms with E-state index in [2.05, 4.69) is 30.9 Å². The second-order valence-electron chi connectivity index (χ2n) is 5.57. The van der Waals surface area contributed by atoms with Crippen molar-refractivity contribution < 1.29 is 5.11 Å². The Morgan fingerprint density at radius 1 is 1.44 bits per heavy atom. The molecule has 18 heavy (non-hydrogen) atoms. The molecule has 0 atom stereocenters. The molecule has 0 amide bonds. The van der Waals surface area contributed by atoms with Crippen molar-refractivity contribution in [1.29, 1.82) is 0 Å². The van der Waals surface area contributed by atoms with Crippen LogP contribution in [-0.2, 0) is 11.8 Å². The Morgan fingerprint density at radius 2 is 2.11 bits per heavy atom. The molecule has 0 radical (unpaired) electrons. The van der Waals surface area contributed by atoms with Gasteiger partial charge in [0.15, 0.2) is 5.65 Å². The Kier molecular flexibility index (Phi) is 3.02. The number of aliphatic hydroxyl groups excluding tert-OH is 1. The van der Waals surface area contributed by atoms with Crippen molar-refractivity contribution in [3.63, 3.8) is 0 Å². The molecule has 2 aromatic rings. The Bertz CT molecular complexity index is 632. The standard InChI is InChI=1S/C13H19N3O2/c1-8-9(5-6-17)12(18)16-11(14-8)7-10(15-16)13(2,3)4/h7,15,17H,5-6H2,1-4H3. The van der Waals surface area contributed by atoms with Gasteiger partial charge in [0.1, 0.15) is 0 Å². The molecule has 2 heterocycles. The maximum absolute atomic E-state index is 12.3. The van der Waals surface area contributed by atoms with Gasteiger partial charge in [-0.2, -0.15) is 0 Å². The van der Waals surface area contributed by atoms with Crippen molar-refractivity contribution >= 4 is 5.65 Å². The fourth-order valence-corrected chi connectivity index (χ4v) is 1.95. The zero-order chi connectivity index (χ0) is 13.5. The van der Waals surface area contributed by atoms with Gasteiger partial charge in [-0.15, -0.1) is 0 Å². The SMILES string of the molecule is Cc1nc2cc(C(C)(C)C)[nH]n2c(=O)c1CCO. The number of hydrogen-bond acceptors (Lipinski definition) is 3. The second-order valence-corrected chi connectivity index (χ2v) is 5.57. The highest BCUT2D eigenvalue weighted by atomic mass is 16.3. The molecule has 0 saturated carbocycles. The first-order valence-corrected chi connectivity index (χ1v) is 6.07. The number of aromatic nitrogens is 3. The number of aromatic amines is 1. The Morgan fingerprint density at radius 3 is 2.67 bits per heavy atom. The van der Waals surface area contributed by atoms with E-state index in [0.717, 1.165) is 5.69 Å². The van der Waals surface area contributed by atoms with Gasteiger partial charge in [0.2, 0.25) is 0 Å². The molecule has 0 aliphatic carbocycles. The van der Waals surface area contributed by atoms with Crippen LogP contribution in [0.15, 0.2) is 10.9 Å². The number of nitrogens with one attached hydrogen (secondary N) is 1. The predicted octanol–water partition coefficient (Wildman–Crippen LogP) is 1.16. The summed E-state index contributed by atoms with van der Waals surface area (Å²) in [6.45, 7) is 7.98. The van der Waals surface area contributed by atoms with E-state index < -0.39 is 0 Å². The molecule has 2 aromatic heterocycles. The third-order valence-corrected chi connectivity index (χ3v) is 3.08. The quantitative estimate of drug-likeness (QED) is 0.839. The van der Waals surface area contributed by atoms with Crippen LogP contribution in [0.4, 0.5) is 0 Å². The van der Waals surface area contributed by atoms with Gasteiger partial charge in [-0.05, 0) is 6.92 Å². The van der Waals surface area contributed by atoms with E-state index in [1.165, 1.54) is 4.52 Å². The summed E-state index contributed by atoms with van der Waals surface area (Å²) in [5, 5.41) is 12.1. The molecule has 5 heteroatoms. The highest BCUT2D eigenvalue weighted by Crippen LogP contribution is 2.21. The van der Waals surface area contributed by atoms with E-state index >= 15 is 0 Å². The molecule has 0 bridgehead atoms. The summed E-state index contributed by atoms with van der Waals surface area (Å²) in [6.07, 6.45) is 0.338. The predicted molar refractivity (Wildman–Crippen MR) is 70.0 cm³/mol. The van der Waals surface area contributed by atoms with Crippen LogP contribution in [0, 0.1) is 6.92 Å². The van der Waals surface area contributed by atoms with E-state index in [1.54, 1.807) is 6.92 Å². The minimum Gasteiger partial charge on any atom is -0.396 e. The van der Waals surface area contributed by atoms with E-state index in [4.69, 9.17) is 5.11 Å². The lowest BCUT2D eigenvalue weighted by Crippen LogP contribution is -2.23. The van der Waals surface area contributed by atoms with Crippen molar-refractivity contribution in [3.05, 3.63) is 33.4 Å². The van der Waals surface area contributed by atoms with Crippen molar-refractivity contribution in [3.8, 4) is 0 Å². The minimum absolute atomic E-state index is 0.0450. The van der Waals surface area contributed by atoms with Gasteiger partial charge >= 0.3 is 0 Å². The fourth-order valence-electron chi connectivity index (χ4n) is 1.95. The van der Waals surface area contributed by atoms with E-state index in [1.807, 2.05) is 6.07 Å². The summed E-state index contributed by atoms with van der Waals surface area (Å²) < 4.78 is 1.46. The van der Waals surface area contributed by atoms with Gasteiger partial charge in [-0.1, -0.05) is 20.8 Å². The molecular formula is C13H19N3O2. The maximum atomic E-state index is 12.3. The van der Waals surface area contributed by atoms with Gasteiger partial charge in [0.05, 0.1) is 0 Å². The van der Waals surface area contributed by atoms with Crippen molar-refractivity contribution in [1.82, 2.24) is 14.6 Å². The zero-order valence-corrected chi connectivity index (χ0v) is 11.2. The van der Waals surface area contributed by atoms with Crippen molar-refractivity contribution in [2.45, 2.75) is 39.5 Å². The number of H-pyrrole nitrogens is 1. The number of nitrogens with zero attached hydrogens (tertiary/aromatic N) is 2. The lowest BCUT2D eigenvalue weighted by Gasteiger charge is -2.14. The molecule has 0 aromatic carbocycles. The number of aryl methyl sites for hydroxylation is 1. The lowest BCUT2D eigenvalue weighted by atomic mass is 9.93. The molecule has 0 aliphatic rings. The highest BCUT2D eigenvalue weighted by Gasteiger charge is 2.19. The fraction of sp³-hybridized carbons (Fsp3) is 0.538. The number of rotatable bonds is 2. The monoisotopic (exact) mass is 249 g/mol. The average molecular weight is 249 g/mol. The number of aliphatic hydroxyl groups is 1. The molecule has 2 rings (SSSR count). The van der Waals surface area contributed by atoms with E-state index in [9.17, 15) is 4.79 Å². The van der Waals surface area contributed by atoms with Gasteiger partial charge in [0.25, 0.3) is 5.56 Å². The summed E-state index contributed by atoms with van der Waals surface area (Å²) in [4.78, 5) is 16.7. The first-order chi connectivity index (χ1) is 8.34. The summed E-state index contributed by atoms with van der Waals surface area (Å²) in [6, 6.07) is 1.90. The first-order valence-electron chi connectivity index (χ1n) is 6.07. The molecule has 2 N–H and O–H groups in total. The van der Waals surface area contributed by atoms with Crippen molar-refractivity contribution in [2.75, 3.05) is 6.61 Å². The Hall–Kier alpha value is -1.62. The second kappa shape index (κ2) is 4.24. The van der Waals surface area contributed by atoms with Crippen LogP contribution in [0.1, 0.15) is 37.7 Å². The molecule has 0 unspecified atom stereocenters. The van der Waals surface area contributed by atoms with Crippen LogP contribution < -0.4 is 5.56 Å². The van der Waals surface area contributed by atoms with Crippen LogP contribution in [0.3, 0.4) is 0 Å². The molecule has 0 spiro atoms. The topological polar surface area (TPSA) is 70.4 Å². The van der Waals surface area contributed by atoms with Crippen LogP contribution in [-0.4, -0.2) is 26.3 Å². The summed E-state index contributed by atoms with van der Waals surface area (Å²) >= 11 is 0. The van der Waals surface area contributed by atoms with Crippen LogP contribution >= 0.6 is 0 Å². The first kappa shape index (κ1) is 12.8. The largest absolute Gasteiger partial charge is 0.396 e. The molecule has 0 fully saturated rings. The summed E-state index contributed by atoms with van der Waals surface area (Å²) in [5.74, 6) is 0. The van der Waals surface area contributed by atoms with Crippen LogP contribution in [0.2, 0.25) is 0 Å². The third kappa shape index (κ3) is 2.06. The maximum Gasteiger partial charge on any atom is 0.276 e. The zero-order valence-electron chi connectivity index (χ0n) is 11.2. The van der Waals surface area contributed by atoms with E-state index in [-0.39, 0.29) is 17.6 Å². The molecular weight excluding hydrogens is 230 g/mol. The van der Waals surface area contributed by atoms with E-state index in [0.29, 0.717) is 23.3 Å².